The van der Waals surface area contributed by atoms with Crippen molar-refractivity contribution >= 4 is 12.0 Å². The monoisotopic (exact) mass is 339 g/mol. The molecule has 1 atom stereocenters. The Balaban J connectivity index is 2.21. The van der Waals surface area contributed by atoms with Gasteiger partial charge in [0.15, 0.2) is 0 Å². The van der Waals surface area contributed by atoms with Crippen molar-refractivity contribution in [3.8, 4) is 6.07 Å². The van der Waals surface area contributed by atoms with Crippen molar-refractivity contribution in [2.75, 3.05) is 0 Å². The predicted molar refractivity (Wildman–Crippen MR) is 97.8 cm³/mol. The van der Waals surface area contributed by atoms with Gasteiger partial charge in [0.2, 0.25) is 0 Å². The van der Waals surface area contributed by atoms with Crippen molar-refractivity contribution in [1.82, 2.24) is 9.88 Å². The fourth-order valence-corrected chi connectivity index (χ4v) is 2.88. The summed E-state index contributed by atoms with van der Waals surface area (Å²) in [5.41, 5.74) is 3.18. The van der Waals surface area contributed by atoms with Crippen molar-refractivity contribution in [1.29, 1.82) is 5.26 Å². The number of hydrogen-bond donors (Lipinski definition) is 1. The first-order chi connectivity index (χ1) is 11.9. The van der Waals surface area contributed by atoms with E-state index in [0.717, 1.165) is 35.7 Å². The third kappa shape index (κ3) is 4.21. The second-order valence-electron chi connectivity index (χ2n) is 6.29. The van der Waals surface area contributed by atoms with Gasteiger partial charge in [-0.1, -0.05) is 6.92 Å². The van der Waals surface area contributed by atoms with Gasteiger partial charge in [0.25, 0.3) is 5.91 Å². The van der Waals surface area contributed by atoms with E-state index in [4.69, 9.17) is 4.42 Å². The van der Waals surface area contributed by atoms with Crippen molar-refractivity contribution < 1.29 is 9.21 Å². The standard InChI is InChI=1S/C20H25N3O2/c1-6-9-23-13(2)10-17(16(23)5)11-18(12-21)20(24)22-15(4)19-8-7-14(3)25-19/h7-8,10-11,15H,6,9H2,1-5H3,(H,22,24)/b18-11+. The molecule has 25 heavy (non-hydrogen) atoms. The summed E-state index contributed by atoms with van der Waals surface area (Å²) in [7, 11) is 0. The number of nitrogens with one attached hydrogen (secondary N) is 1. The molecule has 0 aromatic carbocycles. The lowest BCUT2D eigenvalue weighted by molar-refractivity contribution is -0.117. The van der Waals surface area contributed by atoms with Gasteiger partial charge in [-0.25, -0.2) is 0 Å². The largest absolute Gasteiger partial charge is 0.464 e. The SMILES string of the molecule is CCCn1c(C)cc(/C=C(\C#N)C(=O)NC(C)c2ccc(C)o2)c1C. The second-order valence-corrected chi connectivity index (χ2v) is 6.29. The summed E-state index contributed by atoms with van der Waals surface area (Å²) in [5.74, 6) is 1.06. The quantitative estimate of drug-likeness (QED) is 0.633. The summed E-state index contributed by atoms with van der Waals surface area (Å²) in [6, 6.07) is 7.39. The van der Waals surface area contributed by atoms with Crippen LogP contribution in [0.5, 0.6) is 0 Å². The highest BCUT2D eigenvalue weighted by Crippen LogP contribution is 2.20. The van der Waals surface area contributed by atoms with Gasteiger partial charge in [-0.2, -0.15) is 5.26 Å². The number of amides is 1. The molecule has 0 aliphatic heterocycles. The van der Waals surface area contributed by atoms with Crippen molar-refractivity contribution in [2.24, 2.45) is 0 Å². The molecule has 0 fully saturated rings. The van der Waals surface area contributed by atoms with Crippen molar-refractivity contribution in [2.45, 2.75) is 53.6 Å². The van der Waals surface area contributed by atoms with E-state index in [2.05, 4.69) is 16.8 Å². The molecule has 1 unspecified atom stereocenters. The van der Waals surface area contributed by atoms with Crippen LogP contribution in [0.3, 0.4) is 0 Å². The molecular weight excluding hydrogens is 314 g/mol. The van der Waals surface area contributed by atoms with Crippen LogP contribution < -0.4 is 5.32 Å². The zero-order valence-corrected chi connectivity index (χ0v) is 15.5. The van der Waals surface area contributed by atoms with E-state index in [-0.39, 0.29) is 11.6 Å². The van der Waals surface area contributed by atoms with Crippen LogP contribution in [0.25, 0.3) is 6.08 Å². The van der Waals surface area contributed by atoms with E-state index in [1.165, 1.54) is 0 Å². The molecule has 0 bridgehead atoms. The number of rotatable bonds is 6. The Hall–Kier alpha value is -2.74. The van der Waals surface area contributed by atoms with Gasteiger partial charge in [-0.15, -0.1) is 0 Å². The van der Waals surface area contributed by atoms with Crippen LogP contribution in [0.2, 0.25) is 0 Å². The second kappa shape index (κ2) is 7.89. The molecule has 1 N–H and O–H groups in total. The van der Waals surface area contributed by atoms with E-state index >= 15 is 0 Å². The fraction of sp³-hybridized carbons (Fsp3) is 0.400. The van der Waals surface area contributed by atoms with E-state index in [9.17, 15) is 10.1 Å². The number of aromatic nitrogens is 1. The lowest BCUT2D eigenvalue weighted by Crippen LogP contribution is -2.27. The summed E-state index contributed by atoms with van der Waals surface area (Å²) in [6.07, 6.45) is 2.69. The number of nitriles is 1. The molecule has 5 nitrogen and oxygen atoms in total. The van der Waals surface area contributed by atoms with Gasteiger partial charge in [0.1, 0.15) is 23.2 Å². The first-order valence-electron chi connectivity index (χ1n) is 8.53. The van der Waals surface area contributed by atoms with Crippen LogP contribution in [0, 0.1) is 32.1 Å². The van der Waals surface area contributed by atoms with Crippen LogP contribution >= 0.6 is 0 Å². The highest BCUT2D eigenvalue weighted by Gasteiger charge is 2.17. The molecule has 0 saturated heterocycles. The van der Waals surface area contributed by atoms with Gasteiger partial charge in [-0.3, -0.25) is 4.79 Å². The van der Waals surface area contributed by atoms with E-state index in [1.54, 1.807) is 6.08 Å². The van der Waals surface area contributed by atoms with E-state index in [1.807, 2.05) is 52.0 Å². The number of aryl methyl sites for hydroxylation is 2. The Morgan fingerprint density at radius 3 is 2.68 bits per heavy atom. The molecule has 0 radical (unpaired) electrons. The molecule has 2 heterocycles. The predicted octanol–water partition coefficient (Wildman–Crippen LogP) is 4.20. The summed E-state index contributed by atoms with van der Waals surface area (Å²) in [5, 5.41) is 12.2. The van der Waals surface area contributed by atoms with Gasteiger partial charge < -0.3 is 14.3 Å². The van der Waals surface area contributed by atoms with Crippen LogP contribution in [-0.2, 0) is 11.3 Å². The summed E-state index contributed by atoms with van der Waals surface area (Å²) < 4.78 is 7.72. The molecule has 0 aliphatic carbocycles. The van der Waals surface area contributed by atoms with Gasteiger partial charge in [0.05, 0.1) is 6.04 Å². The Kier molecular flexibility index (Phi) is 5.87. The third-order valence-electron chi connectivity index (χ3n) is 4.26. The summed E-state index contributed by atoms with van der Waals surface area (Å²) in [6.45, 7) is 10.8. The maximum Gasteiger partial charge on any atom is 0.262 e. The van der Waals surface area contributed by atoms with Crippen molar-refractivity contribution in [3.63, 3.8) is 0 Å². The Morgan fingerprint density at radius 1 is 1.40 bits per heavy atom. The molecular formula is C20H25N3O2. The molecule has 0 aliphatic rings. The zero-order chi connectivity index (χ0) is 18.6. The zero-order valence-electron chi connectivity index (χ0n) is 15.5. The first-order valence-corrected chi connectivity index (χ1v) is 8.53. The minimum absolute atomic E-state index is 0.0897. The van der Waals surface area contributed by atoms with Gasteiger partial charge in [0, 0.05) is 17.9 Å². The molecule has 5 heteroatoms. The smallest absolute Gasteiger partial charge is 0.262 e. The first kappa shape index (κ1) is 18.6. The molecule has 2 rings (SSSR count). The highest BCUT2D eigenvalue weighted by atomic mass is 16.3. The maximum absolute atomic E-state index is 12.4. The highest BCUT2D eigenvalue weighted by molar-refractivity contribution is 6.02. The lowest BCUT2D eigenvalue weighted by Gasteiger charge is -2.11. The summed E-state index contributed by atoms with van der Waals surface area (Å²) in [4.78, 5) is 12.4. The average molecular weight is 339 g/mol. The maximum atomic E-state index is 12.4. The normalized spacial score (nSPS) is 12.7. The van der Waals surface area contributed by atoms with Gasteiger partial charge >= 0.3 is 0 Å². The Labute approximate surface area is 148 Å². The molecule has 1 amide bonds. The third-order valence-corrected chi connectivity index (χ3v) is 4.26. The van der Waals surface area contributed by atoms with Gasteiger partial charge in [-0.05, 0) is 64.0 Å². The van der Waals surface area contributed by atoms with Crippen molar-refractivity contribution in [3.05, 3.63) is 52.2 Å². The molecule has 2 aromatic rings. The van der Waals surface area contributed by atoms with E-state index < -0.39 is 5.91 Å². The van der Waals surface area contributed by atoms with E-state index in [0.29, 0.717) is 5.76 Å². The molecule has 132 valence electrons. The Morgan fingerprint density at radius 2 is 2.12 bits per heavy atom. The number of furan rings is 1. The summed E-state index contributed by atoms with van der Waals surface area (Å²) >= 11 is 0. The van der Waals surface area contributed by atoms with Crippen LogP contribution in [0.4, 0.5) is 0 Å². The minimum atomic E-state index is -0.399. The molecule has 0 spiro atoms. The topological polar surface area (TPSA) is 71.0 Å². The lowest BCUT2D eigenvalue weighted by atomic mass is 10.1. The number of hydrogen-bond acceptors (Lipinski definition) is 3. The Bertz CT molecular complexity index is 834. The number of nitrogens with zero attached hydrogens (tertiary/aromatic N) is 2. The fourth-order valence-electron chi connectivity index (χ4n) is 2.88. The minimum Gasteiger partial charge on any atom is -0.464 e. The van der Waals surface area contributed by atoms with Crippen LogP contribution in [-0.4, -0.2) is 10.5 Å². The molecule has 0 saturated carbocycles. The molecule has 2 aromatic heterocycles. The van der Waals surface area contributed by atoms with Crippen LogP contribution in [0.1, 0.15) is 54.8 Å². The number of carbonyl (C=O) groups is 1. The number of carbonyl (C=O) groups excluding carboxylic acids is 1. The average Bonchev–Trinajstić information content (AvgIpc) is 3.11. The van der Waals surface area contributed by atoms with Crippen LogP contribution in [0.15, 0.2) is 28.2 Å².